The molecule has 0 bridgehead atoms. The number of hydrogen-bond donors (Lipinski definition) is 1. The summed E-state index contributed by atoms with van der Waals surface area (Å²) in [5.74, 6) is 2.50. The number of ether oxygens (including phenoxy) is 3. The minimum Gasteiger partial charge on any atom is -0.496 e. The highest BCUT2D eigenvalue weighted by atomic mass is 32.1. The predicted molar refractivity (Wildman–Crippen MR) is 116 cm³/mol. The predicted octanol–water partition coefficient (Wildman–Crippen LogP) is 4.65. The average Bonchev–Trinajstić information content (AvgIpc) is 3.17. The Bertz CT molecular complexity index is 1260. The molecule has 0 spiro atoms. The number of rotatable bonds is 5. The number of fused-ring (bicyclic) bond motifs is 1. The van der Waals surface area contributed by atoms with Crippen LogP contribution in [0.15, 0.2) is 46.6 Å². The zero-order valence-corrected chi connectivity index (χ0v) is 17.3. The molecule has 2 aromatic carbocycles. The van der Waals surface area contributed by atoms with Crippen LogP contribution in [0.1, 0.15) is 5.56 Å². The van der Waals surface area contributed by atoms with E-state index in [1.54, 1.807) is 33.5 Å². The summed E-state index contributed by atoms with van der Waals surface area (Å²) in [5.41, 5.74) is 3.40. The lowest BCUT2D eigenvalue weighted by molar-refractivity contribution is 0.355. The topological polar surface area (TPSA) is 73.4 Å². The molecule has 0 fully saturated rings. The van der Waals surface area contributed by atoms with Crippen molar-refractivity contribution in [1.29, 1.82) is 0 Å². The van der Waals surface area contributed by atoms with Crippen molar-refractivity contribution >= 4 is 21.6 Å². The lowest BCUT2D eigenvalue weighted by Gasteiger charge is -2.09. The maximum absolute atomic E-state index is 12.9. The third-order valence-corrected chi connectivity index (χ3v) is 5.68. The van der Waals surface area contributed by atoms with Gasteiger partial charge in [0, 0.05) is 16.5 Å². The van der Waals surface area contributed by atoms with Gasteiger partial charge in [-0.2, -0.15) is 0 Å². The minimum atomic E-state index is -0.176. The van der Waals surface area contributed by atoms with Crippen molar-refractivity contribution in [2.24, 2.45) is 0 Å². The van der Waals surface area contributed by atoms with Crippen molar-refractivity contribution in [3.8, 4) is 39.8 Å². The SMILES string of the molecule is COc1ccc(-c2csc3nc(-c4ccc(OC)c(OC)c4)[nH]c(=O)c23)cc1C. The Hall–Kier alpha value is -3.32. The van der Waals surface area contributed by atoms with Gasteiger partial charge in [0.25, 0.3) is 5.56 Å². The first kappa shape index (κ1) is 19.0. The third-order valence-electron chi connectivity index (χ3n) is 4.81. The molecule has 0 amide bonds. The monoisotopic (exact) mass is 408 g/mol. The Balaban J connectivity index is 1.83. The van der Waals surface area contributed by atoms with Crippen LogP contribution in [0.3, 0.4) is 0 Å². The number of benzene rings is 2. The summed E-state index contributed by atoms with van der Waals surface area (Å²) in [5, 5.41) is 2.55. The second-order valence-electron chi connectivity index (χ2n) is 6.50. The highest BCUT2D eigenvalue weighted by Gasteiger charge is 2.15. The van der Waals surface area contributed by atoms with E-state index >= 15 is 0 Å². The van der Waals surface area contributed by atoms with Crippen LogP contribution in [-0.2, 0) is 0 Å². The van der Waals surface area contributed by atoms with Crippen LogP contribution >= 0.6 is 11.3 Å². The highest BCUT2D eigenvalue weighted by molar-refractivity contribution is 7.17. The van der Waals surface area contributed by atoms with Gasteiger partial charge in [-0.05, 0) is 48.4 Å². The van der Waals surface area contributed by atoms with Crippen molar-refractivity contribution in [1.82, 2.24) is 9.97 Å². The number of aromatic amines is 1. The van der Waals surface area contributed by atoms with E-state index in [2.05, 4.69) is 9.97 Å². The first-order chi connectivity index (χ1) is 14.0. The molecule has 0 aliphatic rings. The van der Waals surface area contributed by atoms with Gasteiger partial charge < -0.3 is 19.2 Å². The van der Waals surface area contributed by atoms with E-state index in [1.807, 2.05) is 36.6 Å². The third kappa shape index (κ3) is 3.34. The fourth-order valence-electron chi connectivity index (χ4n) is 3.33. The molecule has 1 N–H and O–H groups in total. The molecule has 0 atom stereocenters. The number of hydrogen-bond acceptors (Lipinski definition) is 6. The van der Waals surface area contributed by atoms with Gasteiger partial charge in [0.05, 0.1) is 26.7 Å². The Kier molecular flexibility index (Phi) is 4.98. The van der Waals surface area contributed by atoms with Crippen LogP contribution in [0.25, 0.3) is 32.7 Å². The number of nitrogens with one attached hydrogen (secondary N) is 1. The van der Waals surface area contributed by atoms with Crippen LogP contribution in [0.2, 0.25) is 0 Å². The maximum atomic E-state index is 12.9. The molecule has 4 rings (SSSR count). The quantitative estimate of drug-likeness (QED) is 0.520. The fraction of sp³-hybridized carbons (Fsp3) is 0.182. The Morgan fingerprint density at radius 1 is 0.897 bits per heavy atom. The first-order valence-corrected chi connectivity index (χ1v) is 9.82. The van der Waals surface area contributed by atoms with E-state index in [-0.39, 0.29) is 5.56 Å². The maximum Gasteiger partial charge on any atom is 0.260 e. The molecule has 6 nitrogen and oxygen atoms in total. The van der Waals surface area contributed by atoms with Gasteiger partial charge in [0.15, 0.2) is 11.5 Å². The second kappa shape index (κ2) is 7.60. The summed E-state index contributed by atoms with van der Waals surface area (Å²) in [6.45, 7) is 1.98. The van der Waals surface area contributed by atoms with Crippen LogP contribution in [0.5, 0.6) is 17.2 Å². The lowest BCUT2D eigenvalue weighted by Crippen LogP contribution is -2.09. The van der Waals surface area contributed by atoms with Crippen molar-refractivity contribution in [2.45, 2.75) is 6.92 Å². The minimum absolute atomic E-state index is 0.176. The van der Waals surface area contributed by atoms with Gasteiger partial charge in [-0.15, -0.1) is 11.3 Å². The molecule has 0 aliphatic heterocycles. The first-order valence-electron chi connectivity index (χ1n) is 8.94. The number of nitrogens with zero attached hydrogens (tertiary/aromatic N) is 1. The summed E-state index contributed by atoms with van der Waals surface area (Å²) < 4.78 is 16.0. The normalized spacial score (nSPS) is 10.9. The van der Waals surface area contributed by atoms with Crippen LogP contribution in [0, 0.1) is 6.92 Å². The Morgan fingerprint density at radius 2 is 1.59 bits per heavy atom. The van der Waals surface area contributed by atoms with Gasteiger partial charge in [-0.25, -0.2) is 4.98 Å². The van der Waals surface area contributed by atoms with Crippen LogP contribution < -0.4 is 19.8 Å². The van der Waals surface area contributed by atoms with Gasteiger partial charge in [-0.1, -0.05) is 6.07 Å². The molecule has 4 aromatic rings. The Labute approximate surface area is 171 Å². The van der Waals surface area contributed by atoms with E-state index in [1.165, 1.54) is 11.3 Å². The number of H-pyrrole nitrogens is 1. The molecule has 29 heavy (non-hydrogen) atoms. The Morgan fingerprint density at radius 3 is 2.28 bits per heavy atom. The standard InChI is InChI=1S/C22H20N2O4S/c1-12-9-13(5-7-16(12)26-2)15-11-29-22-19(15)21(25)23-20(24-22)14-6-8-17(27-3)18(10-14)28-4/h5-11H,1-4H3,(H,23,24,25). The van der Waals surface area contributed by atoms with Crippen molar-refractivity contribution in [2.75, 3.05) is 21.3 Å². The van der Waals surface area contributed by atoms with Gasteiger partial charge in [0.2, 0.25) is 0 Å². The van der Waals surface area contributed by atoms with E-state index in [0.717, 1.165) is 28.0 Å². The zero-order chi connectivity index (χ0) is 20.5. The summed E-state index contributed by atoms with van der Waals surface area (Å²) in [7, 11) is 4.80. The molecular formula is C22H20N2O4S. The lowest BCUT2D eigenvalue weighted by atomic mass is 10.0. The second-order valence-corrected chi connectivity index (χ2v) is 7.36. The molecule has 0 saturated carbocycles. The highest BCUT2D eigenvalue weighted by Crippen LogP contribution is 2.35. The molecule has 2 aromatic heterocycles. The smallest absolute Gasteiger partial charge is 0.260 e. The summed E-state index contributed by atoms with van der Waals surface area (Å²) >= 11 is 1.45. The van der Waals surface area contributed by atoms with Gasteiger partial charge >= 0.3 is 0 Å². The molecule has 0 saturated heterocycles. The number of aromatic nitrogens is 2. The number of aryl methyl sites for hydroxylation is 1. The van der Waals surface area contributed by atoms with Crippen LogP contribution in [-0.4, -0.2) is 31.3 Å². The molecule has 2 heterocycles. The summed E-state index contributed by atoms with van der Waals surface area (Å²) in [6.07, 6.45) is 0. The van der Waals surface area contributed by atoms with Crippen molar-refractivity contribution in [3.05, 3.63) is 57.7 Å². The van der Waals surface area contributed by atoms with Crippen LogP contribution in [0.4, 0.5) is 0 Å². The molecule has 148 valence electrons. The zero-order valence-electron chi connectivity index (χ0n) is 16.5. The molecule has 7 heteroatoms. The van der Waals surface area contributed by atoms with E-state index < -0.39 is 0 Å². The summed E-state index contributed by atoms with van der Waals surface area (Å²) in [6, 6.07) is 11.3. The van der Waals surface area contributed by atoms with E-state index in [0.29, 0.717) is 27.5 Å². The average molecular weight is 408 g/mol. The molecule has 0 aliphatic carbocycles. The molecular weight excluding hydrogens is 388 g/mol. The molecule has 0 radical (unpaired) electrons. The largest absolute Gasteiger partial charge is 0.496 e. The van der Waals surface area contributed by atoms with Gasteiger partial charge in [-0.3, -0.25) is 4.79 Å². The van der Waals surface area contributed by atoms with E-state index in [4.69, 9.17) is 14.2 Å². The van der Waals surface area contributed by atoms with Gasteiger partial charge in [0.1, 0.15) is 16.4 Å². The molecule has 0 unspecified atom stereocenters. The number of methoxy groups -OCH3 is 3. The van der Waals surface area contributed by atoms with Crippen molar-refractivity contribution < 1.29 is 14.2 Å². The van der Waals surface area contributed by atoms with Crippen molar-refractivity contribution in [3.63, 3.8) is 0 Å². The summed E-state index contributed by atoms with van der Waals surface area (Å²) in [4.78, 5) is 21.2. The fourth-order valence-corrected chi connectivity index (χ4v) is 4.28. The van der Waals surface area contributed by atoms with E-state index in [9.17, 15) is 4.79 Å². The number of thiophene rings is 1.